The normalized spacial score (nSPS) is 10.3. The molecule has 0 spiro atoms. The summed E-state index contributed by atoms with van der Waals surface area (Å²) in [6, 6.07) is 6.67. The van der Waals surface area contributed by atoms with Crippen molar-refractivity contribution in [3.8, 4) is 28.5 Å². The van der Waals surface area contributed by atoms with E-state index in [1.807, 2.05) is 12.1 Å². The highest BCUT2D eigenvalue weighted by molar-refractivity contribution is 6.17. The SMILES string of the molecule is COc1cc(-c2cc(CCl)ccn2)cc(O)c1O. The molecule has 0 amide bonds. The van der Waals surface area contributed by atoms with Gasteiger partial charge in [-0.25, -0.2) is 0 Å². The Labute approximate surface area is 109 Å². The van der Waals surface area contributed by atoms with Crippen LogP contribution in [0.4, 0.5) is 0 Å². The van der Waals surface area contributed by atoms with E-state index in [9.17, 15) is 10.2 Å². The topological polar surface area (TPSA) is 62.6 Å². The van der Waals surface area contributed by atoms with Gasteiger partial charge in [-0.2, -0.15) is 0 Å². The number of hydrogen-bond donors (Lipinski definition) is 2. The number of ether oxygens (including phenoxy) is 1. The third-order valence-corrected chi connectivity index (χ3v) is 2.86. The molecule has 0 bridgehead atoms. The summed E-state index contributed by atoms with van der Waals surface area (Å²) in [6.07, 6.45) is 1.64. The maximum Gasteiger partial charge on any atom is 0.200 e. The van der Waals surface area contributed by atoms with Crippen molar-refractivity contribution < 1.29 is 14.9 Å². The third-order valence-electron chi connectivity index (χ3n) is 2.55. The molecule has 2 aromatic rings. The van der Waals surface area contributed by atoms with Gasteiger partial charge in [0.25, 0.3) is 0 Å². The molecule has 18 heavy (non-hydrogen) atoms. The number of phenolic OH excluding ortho intramolecular Hbond substituents is 2. The zero-order valence-electron chi connectivity index (χ0n) is 9.72. The van der Waals surface area contributed by atoms with Crippen molar-refractivity contribution in [2.24, 2.45) is 0 Å². The molecule has 0 aliphatic heterocycles. The minimum absolute atomic E-state index is 0.197. The molecule has 0 saturated heterocycles. The lowest BCUT2D eigenvalue weighted by Gasteiger charge is -2.09. The van der Waals surface area contributed by atoms with E-state index in [-0.39, 0.29) is 17.2 Å². The molecule has 0 unspecified atom stereocenters. The van der Waals surface area contributed by atoms with Crippen LogP contribution in [-0.4, -0.2) is 22.3 Å². The molecule has 2 N–H and O–H groups in total. The quantitative estimate of drug-likeness (QED) is 0.662. The molecule has 0 saturated carbocycles. The van der Waals surface area contributed by atoms with Crippen LogP contribution in [-0.2, 0) is 5.88 Å². The lowest BCUT2D eigenvalue weighted by atomic mass is 10.1. The number of rotatable bonds is 3. The Hall–Kier alpha value is -1.94. The second-order valence-corrected chi connectivity index (χ2v) is 4.00. The molecular weight excluding hydrogens is 254 g/mol. The van der Waals surface area contributed by atoms with Crippen molar-refractivity contribution in [3.63, 3.8) is 0 Å². The van der Waals surface area contributed by atoms with Crippen LogP contribution >= 0.6 is 11.6 Å². The van der Waals surface area contributed by atoms with E-state index in [1.165, 1.54) is 13.2 Å². The van der Waals surface area contributed by atoms with Gasteiger partial charge in [-0.15, -0.1) is 11.6 Å². The van der Waals surface area contributed by atoms with E-state index in [0.717, 1.165) is 5.56 Å². The number of hydrogen-bond acceptors (Lipinski definition) is 4. The molecule has 2 rings (SSSR count). The molecule has 0 atom stereocenters. The summed E-state index contributed by atoms with van der Waals surface area (Å²) in [5.74, 6) is 0.0525. The van der Waals surface area contributed by atoms with Crippen LogP contribution in [0.2, 0.25) is 0 Å². The van der Waals surface area contributed by atoms with Gasteiger partial charge in [-0.3, -0.25) is 4.98 Å². The van der Waals surface area contributed by atoms with E-state index >= 15 is 0 Å². The Morgan fingerprint density at radius 2 is 2.06 bits per heavy atom. The molecular formula is C13H12ClNO3. The predicted octanol–water partition coefficient (Wildman–Crippen LogP) is 2.91. The Balaban J connectivity index is 2.53. The first kappa shape index (κ1) is 12.5. The number of phenols is 2. The van der Waals surface area contributed by atoms with E-state index in [2.05, 4.69) is 4.98 Å². The van der Waals surface area contributed by atoms with Crippen molar-refractivity contribution in [1.82, 2.24) is 4.98 Å². The van der Waals surface area contributed by atoms with E-state index in [0.29, 0.717) is 17.1 Å². The summed E-state index contributed by atoms with van der Waals surface area (Å²) in [7, 11) is 1.42. The maximum atomic E-state index is 9.62. The number of nitrogens with zero attached hydrogens (tertiary/aromatic N) is 1. The molecule has 0 aliphatic rings. The van der Waals surface area contributed by atoms with Gasteiger partial charge in [0.15, 0.2) is 11.5 Å². The fourth-order valence-corrected chi connectivity index (χ4v) is 1.78. The number of methoxy groups -OCH3 is 1. The fourth-order valence-electron chi connectivity index (χ4n) is 1.61. The number of benzene rings is 1. The third kappa shape index (κ3) is 2.33. The molecule has 1 aromatic heterocycles. The summed E-state index contributed by atoms with van der Waals surface area (Å²) >= 11 is 5.76. The van der Waals surface area contributed by atoms with Crippen LogP contribution in [0.1, 0.15) is 5.56 Å². The lowest BCUT2D eigenvalue weighted by molar-refractivity contribution is 0.351. The summed E-state index contributed by atoms with van der Waals surface area (Å²) in [5, 5.41) is 19.2. The molecule has 5 heteroatoms. The summed E-state index contributed by atoms with van der Waals surface area (Å²) in [6.45, 7) is 0. The zero-order valence-corrected chi connectivity index (χ0v) is 10.5. The first-order chi connectivity index (χ1) is 8.65. The van der Waals surface area contributed by atoms with Crippen LogP contribution in [0, 0.1) is 0 Å². The first-order valence-electron chi connectivity index (χ1n) is 5.27. The maximum absolute atomic E-state index is 9.62. The number of halogens is 1. The van der Waals surface area contributed by atoms with Gasteiger partial charge in [-0.05, 0) is 29.8 Å². The van der Waals surface area contributed by atoms with Gasteiger partial charge in [0, 0.05) is 17.6 Å². The fraction of sp³-hybridized carbons (Fsp3) is 0.154. The van der Waals surface area contributed by atoms with Crippen LogP contribution in [0.25, 0.3) is 11.3 Å². The summed E-state index contributed by atoms with van der Waals surface area (Å²) < 4.78 is 4.98. The highest BCUT2D eigenvalue weighted by Gasteiger charge is 2.11. The molecule has 0 aliphatic carbocycles. The van der Waals surface area contributed by atoms with Gasteiger partial charge in [-0.1, -0.05) is 0 Å². The molecule has 94 valence electrons. The number of alkyl halides is 1. The molecule has 1 heterocycles. The lowest BCUT2D eigenvalue weighted by Crippen LogP contribution is -1.89. The molecule has 4 nitrogen and oxygen atoms in total. The Bertz CT molecular complexity index is 572. The molecule has 1 aromatic carbocycles. The average Bonchev–Trinajstić information content (AvgIpc) is 2.41. The number of pyridine rings is 1. The Morgan fingerprint density at radius 1 is 1.28 bits per heavy atom. The van der Waals surface area contributed by atoms with E-state index in [1.54, 1.807) is 12.3 Å². The highest BCUT2D eigenvalue weighted by Crippen LogP contribution is 2.39. The second-order valence-electron chi connectivity index (χ2n) is 3.73. The predicted molar refractivity (Wildman–Crippen MR) is 69.1 cm³/mol. The Morgan fingerprint density at radius 3 is 2.72 bits per heavy atom. The smallest absolute Gasteiger partial charge is 0.200 e. The van der Waals surface area contributed by atoms with Crippen LogP contribution in [0.5, 0.6) is 17.2 Å². The minimum atomic E-state index is -0.283. The average molecular weight is 266 g/mol. The van der Waals surface area contributed by atoms with E-state index in [4.69, 9.17) is 16.3 Å². The minimum Gasteiger partial charge on any atom is -0.504 e. The van der Waals surface area contributed by atoms with Crippen molar-refractivity contribution in [2.45, 2.75) is 5.88 Å². The first-order valence-corrected chi connectivity index (χ1v) is 5.80. The van der Waals surface area contributed by atoms with E-state index < -0.39 is 0 Å². The van der Waals surface area contributed by atoms with Crippen LogP contribution in [0.15, 0.2) is 30.5 Å². The number of aromatic nitrogens is 1. The van der Waals surface area contributed by atoms with Crippen molar-refractivity contribution in [1.29, 1.82) is 0 Å². The second kappa shape index (κ2) is 5.14. The zero-order chi connectivity index (χ0) is 13.1. The standard InChI is InChI=1S/C13H12ClNO3/c1-18-12-6-9(5-11(16)13(12)17)10-4-8(7-14)2-3-15-10/h2-6,16-17H,7H2,1H3. The van der Waals surface area contributed by atoms with Gasteiger partial charge in [0.1, 0.15) is 0 Å². The largest absolute Gasteiger partial charge is 0.504 e. The van der Waals surface area contributed by atoms with Gasteiger partial charge < -0.3 is 14.9 Å². The van der Waals surface area contributed by atoms with Gasteiger partial charge >= 0.3 is 0 Å². The summed E-state index contributed by atoms with van der Waals surface area (Å²) in [5.41, 5.74) is 2.23. The molecule has 0 fully saturated rings. The highest BCUT2D eigenvalue weighted by atomic mass is 35.5. The van der Waals surface area contributed by atoms with Crippen LogP contribution < -0.4 is 4.74 Å². The van der Waals surface area contributed by atoms with Gasteiger partial charge in [0.05, 0.1) is 12.8 Å². The van der Waals surface area contributed by atoms with Gasteiger partial charge in [0.2, 0.25) is 5.75 Å². The van der Waals surface area contributed by atoms with Crippen molar-refractivity contribution in [2.75, 3.05) is 7.11 Å². The van der Waals surface area contributed by atoms with Crippen molar-refractivity contribution in [3.05, 3.63) is 36.0 Å². The monoisotopic (exact) mass is 265 g/mol. The Kier molecular flexibility index (Phi) is 3.58. The number of aromatic hydroxyl groups is 2. The summed E-state index contributed by atoms with van der Waals surface area (Å²) in [4.78, 5) is 4.20. The van der Waals surface area contributed by atoms with Crippen molar-refractivity contribution >= 4 is 11.6 Å². The molecule has 0 radical (unpaired) electrons. The van der Waals surface area contributed by atoms with Crippen LogP contribution in [0.3, 0.4) is 0 Å².